The first-order valence-electron chi connectivity index (χ1n) is 5.29. The maximum Gasteiger partial charge on any atom is 0.0250 e. The van der Waals surface area contributed by atoms with Gasteiger partial charge in [0.15, 0.2) is 0 Å². The largest absolute Gasteiger partial charge is 0.296 e. The van der Waals surface area contributed by atoms with E-state index in [-0.39, 0.29) is 5.54 Å². The summed E-state index contributed by atoms with van der Waals surface area (Å²) in [6.07, 6.45) is 0. The van der Waals surface area contributed by atoms with Gasteiger partial charge in [0.1, 0.15) is 0 Å². The molecule has 0 amide bonds. The van der Waals surface area contributed by atoms with Gasteiger partial charge in [0.05, 0.1) is 0 Å². The molecule has 0 aliphatic heterocycles. The van der Waals surface area contributed by atoms with Crippen LogP contribution in [0.4, 0.5) is 0 Å². The van der Waals surface area contributed by atoms with Gasteiger partial charge in [-0.15, -0.1) is 0 Å². The molecule has 1 aromatic carbocycles. The Kier molecular flexibility index (Phi) is 4.35. The first-order valence-corrected chi connectivity index (χ1v) is 6.41. The predicted molar refractivity (Wildman–Crippen MR) is 70.5 cm³/mol. The molecule has 0 bridgehead atoms. The summed E-state index contributed by atoms with van der Waals surface area (Å²) in [6.45, 7) is 7.68. The molecule has 0 saturated carbocycles. The molecule has 0 heterocycles. The fourth-order valence-corrected chi connectivity index (χ4v) is 1.79. The van der Waals surface area contributed by atoms with Gasteiger partial charge in [-0.1, -0.05) is 40.2 Å². The average molecular weight is 270 g/mol. The molecular weight excluding hydrogens is 250 g/mol. The number of hydrogen-bond acceptors (Lipinski definition) is 1. The molecule has 84 valence electrons. The summed E-state index contributed by atoms with van der Waals surface area (Å²) >= 11 is 3.56. The molecule has 1 aromatic rings. The normalized spacial score (nSPS) is 12.1. The maximum atomic E-state index is 3.56. The highest BCUT2D eigenvalue weighted by atomic mass is 79.9. The SMILES string of the molecule is Cc1ccccc1CN(C)C(C)(C)CBr. The molecule has 1 rings (SSSR count). The molecule has 15 heavy (non-hydrogen) atoms. The fourth-order valence-electron chi connectivity index (χ4n) is 1.36. The van der Waals surface area contributed by atoms with Crippen LogP contribution >= 0.6 is 15.9 Å². The highest BCUT2D eigenvalue weighted by Gasteiger charge is 2.22. The lowest BCUT2D eigenvalue weighted by Gasteiger charge is -2.34. The van der Waals surface area contributed by atoms with Crippen LogP contribution in [0.15, 0.2) is 24.3 Å². The summed E-state index contributed by atoms with van der Waals surface area (Å²) in [7, 11) is 2.17. The smallest absolute Gasteiger partial charge is 0.0250 e. The highest BCUT2D eigenvalue weighted by molar-refractivity contribution is 9.09. The van der Waals surface area contributed by atoms with Gasteiger partial charge in [0.2, 0.25) is 0 Å². The van der Waals surface area contributed by atoms with Crippen molar-refractivity contribution in [3.63, 3.8) is 0 Å². The van der Waals surface area contributed by atoms with E-state index in [4.69, 9.17) is 0 Å². The summed E-state index contributed by atoms with van der Waals surface area (Å²) in [6, 6.07) is 8.58. The van der Waals surface area contributed by atoms with E-state index < -0.39 is 0 Å². The molecule has 0 aliphatic carbocycles. The van der Waals surface area contributed by atoms with Crippen LogP contribution in [0.2, 0.25) is 0 Å². The molecule has 0 aliphatic rings. The number of hydrogen-bond donors (Lipinski definition) is 0. The summed E-state index contributed by atoms with van der Waals surface area (Å²) in [5.74, 6) is 0. The van der Waals surface area contributed by atoms with Crippen molar-refractivity contribution in [1.29, 1.82) is 0 Å². The second-order valence-electron chi connectivity index (χ2n) is 4.73. The quantitative estimate of drug-likeness (QED) is 0.756. The van der Waals surface area contributed by atoms with E-state index in [1.807, 2.05) is 0 Å². The summed E-state index contributed by atoms with van der Waals surface area (Å²) in [4.78, 5) is 2.38. The molecule has 0 fully saturated rings. The van der Waals surface area contributed by atoms with Crippen LogP contribution in [0.1, 0.15) is 25.0 Å². The zero-order chi connectivity index (χ0) is 11.5. The molecule has 0 atom stereocenters. The standard InChI is InChI=1S/C13H20BrN/c1-11-7-5-6-8-12(11)9-15(4)13(2,3)10-14/h5-8H,9-10H2,1-4H3. The van der Waals surface area contributed by atoms with Crippen molar-refractivity contribution in [3.05, 3.63) is 35.4 Å². The Morgan fingerprint density at radius 2 is 1.87 bits per heavy atom. The lowest BCUT2D eigenvalue weighted by molar-refractivity contribution is 0.173. The molecule has 0 unspecified atom stereocenters. The summed E-state index contributed by atoms with van der Waals surface area (Å²) in [5, 5.41) is 0.988. The Balaban J connectivity index is 2.75. The number of rotatable bonds is 4. The summed E-state index contributed by atoms with van der Waals surface area (Å²) in [5.41, 5.74) is 2.98. The Bertz CT molecular complexity index is 320. The van der Waals surface area contributed by atoms with Crippen molar-refractivity contribution in [2.75, 3.05) is 12.4 Å². The molecular formula is C13H20BrN. The minimum Gasteiger partial charge on any atom is -0.296 e. The van der Waals surface area contributed by atoms with Crippen molar-refractivity contribution in [2.45, 2.75) is 32.9 Å². The number of aryl methyl sites for hydroxylation is 1. The van der Waals surface area contributed by atoms with E-state index in [1.165, 1.54) is 11.1 Å². The van der Waals surface area contributed by atoms with Crippen molar-refractivity contribution in [3.8, 4) is 0 Å². The zero-order valence-corrected chi connectivity index (χ0v) is 11.6. The van der Waals surface area contributed by atoms with Gasteiger partial charge >= 0.3 is 0 Å². The predicted octanol–water partition coefficient (Wildman–Crippen LogP) is 3.60. The van der Waals surface area contributed by atoms with Crippen LogP contribution in [0.25, 0.3) is 0 Å². The van der Waals surface area contributed by atoms with E-state index in [0.29, 0.717) is 0 Å². The number of halogens is 1. The van der Waals surface area contributed by atoms with E-state index in [2.05, 4.69) is 72.9 Å². The van der Waals surface area contributed by atoms with Crippen LogP contribution in [-0.4, -0.2) is 22.8 Å². The number of alkyl halides is 1. The minimum absolute atomic E-state index is 0.197. The van der Waals surface area contributed by atoms with Gasteiger partial charge in [-0.05, 0) is 38.9 Å². The average Bonchev–Trinajstić information content (AvgIpc) is 2.21. The molecule has 0 N–H and O–H groups in total. The van der Waals surface area contributed by atoms with E-state index in [1.54, 1.807) is 0 Å². The van der Waals surface area contributed by atoms with Gasteiger partial charge in [0, 0.05) is 17.4 Å². The fraction of sp³-hybridized carbons (Fsp3) is 0.538. The number of benzene rings is 1. The molecule has 0 saturated heterocycles. The molecule has 2 heteroatoms. The first kappa shape index (κ1) is 12.7. The monoisotopic (exact) mass is 269 g/mol. The Morgan fingerprint density at radius 1 is 1.27 bits per heavy atom. The minimum atomic E-state index is 0.197. The van der Waals surface area contributed by atoms with E-state index in [9.17, 15) is 0 Å². The van der Waals surface area contributed by atoms with Crippen LogP contribution in [0, 0.1) is 6.92 Å². The molecule has 0 spiro atoms. The van der Waals surface area contributed by atoms with Crippen LogP contribution in [0.5, 0.6) is 0 Å². The van der Waals surface area contributed by atoms with Crippen LogP contribution in [-0.2, 0) is 6.54 Å². The zero-order valence-electron chi connectivity index (χ0n) is 10.0. The third kappa shape index (κ3) is 3.32. The molecule has 0 aromatic heterocycles. The lowest BCUT2D eigenvalue weighted by atomic mass is 10.0. The van der Waals surface area contributed by atoms with Crippen LogP contribution in [0.3, 0.4) is 0 Å². The first-order chi connectivity index (χ1) is 6.97. The Morgan fingerprint density at radius 3 is 2.40 bits per heavy atom. The topological polar surface area (TPSA) is 3.24 Å². The van der Waals surface area contributed by atoms with Crippen LogP contribution < -0.4 is 0 Å². The van der Waals surface area contributed by atoms with Crippen molar-refractivity contribution in [1.82, 2.24) is 4.90 Å². The van der Waals surface area contributed by atoms with Crippen molar-refractivity contribution in [2.24, 2.45) is 0 Å². The van der Waals surface area contributed by atoms with Gasteiger partial charge in [-0.3, -0.25) is 4.90 Å². The second-order valence-corrected chi connectivity index (χ2v) is 5.29. The van der Waals surface area contributed by atoms with Gasteiger partial charge in [-0.2, -0.15) is 0 Å². The van der Waals surface area contributed by atoms with E-state index in [0.717, 1.165) is 11.9 Å². The van der Waals surface area contributed by atoms with Crippen molar-refractivity contribution >= 4 is 15.9 Å². The molecule has 1 nitrogen and oxygen atoms in total. The third-order valence-corrected chi connectivity index (χ3v) is 4.40. The van der Waals surface area contributed by atoms with Gasteiger partial charge < -0.3 is 0 Å². The molecule has 0 radical (unpaired) electrons. The number of nitrogens with zero attached hydrogens (tertiary/aromatic N) is 1. The second kappa shape index (κ2) is 5.13. The van der Waals surface area contributed by atoms with Gasteiger partial charge in [0.25, 0.3) is 0 Å². The van der Waals surface area contributed by atoms with Gasteiger partial charge in [-0.25, -0.2) is 0 Å². The highest BCUT2D eigenvalue weighted by Crippen LogP contribution is 2.19. The van der Waals surface area contributed by atoms with E-state index >= 15 is 0 Å². The Hall–Kier alpha value is -0.340. The van der Waals surface area contributed by atoms with Crippen molar-refractivity contribution < 1.29 is 0 Å². The maximum absolute atomic E-state index is 3.56. The third-order valence-electron chi connectivity index (χ3n) is 3.03. The summed E-state index contributed by atoms with van der Waals surface area (Å²) < 4.78 is 0. The lowest BCUT2D eigenvalue weighted by Crippen LogP contribution is -2.42. The Labute approximate surface area is 102 Å².